The molecule has 2 aliphatic rings. The first kappa shape index (κ1) is 9.79. The Morgan fingerprint density at radius 2 is 1.54 bits per heavy atom. The summed E-state index contributed by atoms with van der Waals surface area (Å²) in [6.45, 7) is 3.94. The molecule has 0 aromatic heterocycles. The summed E-state index contributed by atoms with van der Waals surface area (Å²) >= 11 is 5.72. The Bertz CT molecular complexity index is 138. The number of alkyl halides is 1. The van der Waals surface area contributed by atoms with Gasteiger partial charge in [0.1, 0.15) is 0 Å². The van der Waals surface area contributed by atoms with E-state index in [1.54, 1.807) is 0 Å². The van der Waals surface area contributed by atoms with E-state index in [4.69, 9.17) is 11.6 Å². The summed E-state index contributed by atoms with van der Waals surface area (Å²) < 4.78 is 0. The molecule has 0 amide bonds. The number of hydrogen-bond acceptors (Lipinski definition) is 1. The van der Waals surface area contributed by atoms with Crippen LogP contribution in [0.3, 0.4) is 0 Å². The first-order valence-corrected chi connectivity index (χ1v) is 6.20. The second-order valence-electron chi connectivity index (χ2n) is 4.69. The third kappa shape index (κ3) is 3.86. The molecule has 2 fully saturated rings. The maximum absolute atomic E-state index is 5.72. The van der Waals surface area contributed by atoms with Gasteiger partial charge in [0.05, 0.1) is 0 Å². The minimum atomic E-state index is 0.825. The second kappa shape index (κ2) is 4.65. The van der Waals surface area contributed by atoms with Crippen LogP contribution in [0.1, 0.15) is 32.1 Å². The van der Waals surface area contributed by atoms with Crippen molar-refractivity contribution in [3.63, 3.8) is 0 Å². The molecular formula is C11H20ClN. The number of nitrogens with zero attached hydrogens (tertiary/aromatic N) is 1. The molecule has 0 spiro atoms. The van der Waals surface area contributed by atoms with E-state index in [0.29, 0.717) is 0 Å². The van der Waals surface area contributed by atoms with E-state index in [0.717, 1.165) is 17.7 Å². The summed E-state index contributed by atoms with van der Waals surface area (Å²) in [6, 6.07) is 0. The van der Waals surface area contributed by atoms with Crippen molar-refractivity contribution < 1.29 is 0 Å². The molecule has 0 unspecified atom stereocenters. The van der Waals surface area contributed by atoms with Crippen molar-refractivity contribution in [1.82, 2.24) is 4.90 Å². The molecule has 0 aromatic rings. The molecule has 0 bridgehead atoms. The molecule has 2 rings (SSSR count). The van der Waals surface area contributed by atoms with Crippen LogP contribution in [0.25, 0.3) is 0 Å². The van der Waals surface area contributed by atoms with Crippen molar-refractivity contribution in [3.05, 3.63) is 0 Å². The molecule has 0 aromatic carbocycles. The predicted octanol–water partition coefficient (Wildman–Crippen LogP) is 2.74. The summed E-state index contributed by atoms with van der Waals surface area (Å²) in [5.74, 6) is 2.90. The van der Waals surface area contributed by atoms with Gasteiger partial charge in [0.15, 0.2) is 0 Å². The van der Waals surface area contributed by atoms with E-state index in [9.17, 15) is 0 Å². The third-order valence-corrected chi connectivity index (χ3v) is 3.30. The second-order valence-corrected chi connectivity index (χ2v) is 5.07. The van der Waals surface area contributed by atoms with Crippen molar-refractivity contribution in [2.24, 2.45) is 11.8 Å². The summed E-state index contributed by atoms with van der Waals surface area (Å²) in [6.07, 6.45) is 7.06. The van der Waals surface area contributed by atoms with Crippen LogP contribution in [-0.2, 0) is 0 Å². The fourth-order valence-corrected chi connectivity index (χ4v) is 1.99. The van der Waals surface area contributed by atoms with Crippen LogP contribution in [0.15, 0.2) is 0 Å². The van der Waals surface area contributed by atoms with Gasteiger partial charge in [0.2, 0.25) is 0 Å². The first-order valence-electron chi connectivity index (χ1n) is 5.67. The fraction of sp³-hybridized carbons (Fsp3) is 1.00. The van der Waals surface area contributed by atoms with Crippen molar-refractivity contribution in [3.8, 4) is 0 Å². The lowest BCUT2D eigenvalue weighted by Crippen LogP contribution is -2.29. The van der Waals surface area contributed by atoms with Crippen LogP contribution in [0, 0.1) is 11.8 Å². The van der Waals surface area contributed by atoms with Gasteiger partial charge in [-0.2, -0.15) is 0 Å². The molecule has 0 saturated heterocycles. The average Bonchev–Trinajstić information content (AvgIpc) is 2.94. The lowest BCUT2D eigenvalue weighted by Gasteiger charge is -2.21. The van der Waals surface area contributed by atoms with Gasteiger partial charge in [-0.3, -0.25) is 0 Å². The molecule has 76 valence electrons. The average molecular weight is 202 g/mol. The van der Waals surface area contributed by atoms with E-state index in [1.807, 2.05) is 0 Å². The van der Waals surface area contributed by atoms with Crippen LogP contribution in [0.4, 0.5) is 0 Å². The van der Waals surface area contributed by atoms with Gasteiger partial charge in [0, 0.05) is 19.0 Å². The Kier molecular flexibility index (Phi) is 3.51. The summed E-state index contributed by atoms with van der Waals surface area (Å²) in [4.78, 5) is 2.65. The highest BCUT2D eigenvalue weighted by molar-refractivity contribution is 6.17. The normalized spacial score (nSPS) is 22.6. The molecular weight excluding hydrogens is 182 g/mol. The molecule has 2 aliphatic carbocycles. The van der Waals surface area contributed by atoms with Crippen LogP contribution >= 0.6 is 11.6 Å². The maximum Gasteiger partial charge on any atom is 0.0235 e. The quantitative estimate of drug-likeness (QED) is 0.573. The minimum absolute atomic E-state index is 0.825. The molecule has 0 radical (unpaired) electrons. The molecule has 2 saturated carbocycles. The summed E-state index contributed by atoms with van der Waals surface area (Å²) in [5.41, 5.74) is 0. The van der Waals surface area contributed by atoms with Crippen molar-refractivity contribution in [2.75, 3.05) is 25.5 Å². The molecule has 13 heavy (non-hydrogen) atoms. The molecule has 2 heteroatoms. The van der Waals surface area contributed by atoms with E-state index in [1.165, 1.54) is 51.7 Å². The number of halogens is 1. The largest absolute Gasteiger partial charge is 0.303 e. The molecule has 0 heterocycles. The summed E-state index contributed by atoms with van der Waals surface area (Å²) in [7, 11) is 0. The van der Waals surface area contributed by atoms with Gasteiger partial charge in [-0.1, -0.05) is 0 Å². The van der Waals surface area contributed by atoms with Crippen LogP contribution in [-0.4, -0.2) is 30.4 Å². The van der Waals surface area contributed by atoms with Crippen molar-refractivity contribution in [1.29, 1.82) is 0 Å². The fourth-order valence-electron chi connectivity index (χ4n) is 1.87. The zero-order chi connectivity index (χ0) is 9.10. The number of hydrogen-bond donors (Lipinski definition) is 0. The summed E-state index contributed by atoms with van der Waals surface area (Å²) in [5, 5.41) is 0. The Morgan fingerprint density at radius 1 is 1.00 bits per heavy atom. The van der Waals surface area contributed by atoms with Crippen molar-refractivity contribution >= 4 is 11.6 Å². The topological polar surface area (TPSA) is 3.24 Å². The maximum atomic E-state index is 5.72. The van der Waals surface area contributed by atoms with Gasteiger partial charge in [-0.25, -0.2) is 0 Å². The SMILES string of the molecule is ClCCCN(CC1CC1)CC1CC1. The minimum Gasteiger partial charge on any atom is -0.303 e. The lowest BCUT2D eigenvalue weighted by molar-refractivity contribution is 0.253. The lowest BCUT2D eigenvalue weighted by atomic mass is 10.3. The first-order chi connectivity index (χ1) is 6.38. The molecule has 0 N–H and O–H groups in total. The van der Waals surface area contributed by atoms with E-state index >= 15 is 0 Å². The molecule has 1 nitrogen and oxygen atoms in total. The smallest absolute Gasteiger partial charge is 0.0235 e. The van der Waals surface area contributed by atoms with Crippen LogP contribution in [0.5, 0.6) is 0 Å². The Morgan fingerprint density at radius 3 is 1.92 bits per heavy atom. The zero-order valence-corrected chi connectivity index (χ0v) is 9.10. The Balaban J connectivity index is 1.64. The Labute approximate surface area is 86.4 Å². The van der Waals surface area contributed by atoms with Gasteiger partial charge < -0.3 is 4.90 Å². The van der Waals surface area contributed by atoms with Crippen LogP contribution in [0.2, 0.25) is 0 Å². The van der Waals surface area contributed by atoms with Crippen molar-refractivity contribution in [2.45, 2.75) is 32.1 Å². The van der Waals surface area contributed by atoms with Gasteiger partial charge >= 0.3 is 0 Å². The molecule has 0 aliphatic heterocycles. The van der Waals surface area contributed by atoms with Gasteiger partial charge in [0.25, 0.3) is 0 Å². The van der Waals surface area contributed by atoms with Gasteiger partial charge in [-0.15, -0.1) is 11.6 Å². The Hall–Kier alpha value is 0.250. The van der Waals surface area contributed by atoms with E-state index < -0.39 is 0 Å². The van der Waals surface area contributed by atoms with E-state index in [-0.39, 0.29) is 0 Å². The highest BCUT2D eigenvalue weighted by Crippen LogP contribution is 2.33. The standard InChI is InChI=1S/C11H20ClN/c12-6-1-7-13(8-10-2-3-10)9-11-4-5-11/h10-11H,1-9H2. The monoisotopic (exact) mass is 201 g/mol. The van der Waals surface area contributed by atoms with E-state index in [2.05, 4.69) is 4.90 Å². The van der Waals surface area contributed by atoms with Crippen LogP contribution < -0.4 is 0 Å². The highest BCUT2D eigenvalue weighted by atomic mass is 35.5. The number of rotatable bonds is 7. The molecule has 0 atom stereocenters. The zero-order valence-electron chi connectivity index (χ0n) is 8.34. The highest BCUT2D eigenvalue weighted by Gasteiger charge is 2.28. The van der Waals surface area contributed by atoms with Gasteiger partial charge in [-0.05, 0) is 50.5 Å². The third-order valence-electron chi connectivity index (χ3n) is 3.03. The predicted molar refractivity (Wildman–Crippen MR) is 57.2 cm³/mol.